The van der Waals surface area contributed by atoms with E-state index in [0.717, 1.165) is 40.2 Å². The Morgan fingerprint density at radius 3 is 2.33 bits per heavy atom. The minimum atomic E-state index is 0.0605. The Morgan fingerprint density at radius 2 is 1.67 bits per heavy atom. The van der Waals surface area contributed by atoms with Crippen molar-refractivity contribution in [1.29, 1.82) is 0 Å². The zero-order valence-electron chi connectivity index (χ0n) is 15.3. The highest BCUT2D eigenvalue weighted by molar-refractivity contribution is 5.78. The summed E-state index contributed by atoms with van der Waals surface area (Å²) in [6.45, 7) is 3.68. The SMILES string of the molecule is CCn1cc(-c2c(-c3ccccc3)ncn2Cc2ccc(CO)cc2)cn1. The van der Waals surface area contributed by atoms with Crippen molar-refractivity contribution in [2.45, 2.75) is 26.6 Å². The Morgan fingerprint density at radius 1 is 0.926 bits per heavy atom. The van der Waals surface area contributed by atoms with Crippen LogP contribution >= 0.6 is 0 Å². The second-order valence-electron chi connectivity index (χ2n) is 6.50. The molecule has 136 valence electrons. The molecule has 5 nitrogen and oxygen atoms in total. The van der Waals surface area contributed by atoms with E-state index in [0.29, 0.717) is 6.54 Å². The molecule has 27 heavy (non-hydrogen) atoms. The van der Waals surface area contributed by atoms with E-state index >= 15 is 0 Å². The molecule has 0 spiro atoms. The number of hydrogen-bond donors (Lipinski definition) is 1. The Hall–Kier alpha value is -3.18. The summed E-state index contributed by atoms with van der Waals surface area (Å²) in [7, 11) is 0. The monoisotopic (exact) mass is 358 g/mol. The summed E-state index contributed by atoms with van der Waals surface area (Å²) in [6, 6.07) is 18.2. The van der Waals surface area contributed by atoms with E-state index in [1.54, 1.807) is 0 Å². The maximum absolute atomic E-state index is 9.24. The number of aliphatic hydroxyl groups excluding tert-OH is 1. The molecule has 4 aromatic rings. The first-order valence-corrected chi connectivity index (χ1v) is 9.10. The lowest BCUT2D eigenvalue weighted by Gasteiger charge is -2.10. The molecule has 0 aliphatic heterocycles. The lowest BCUT2D eigenvalue weighted by Crippen LogP contribution is -2.01. The molecule has 0 atom stereocenters. The van der Waals surface area contributed by atoms with Crippen molar-refractivity contribution < 1.29 is 5.11 Å². The quantitative estimate of drug-likeness (QED) is 0.567. The fraction of sp³-hybridized carbons (Fsp3) is 0.182. The molecule has 0 bridgehead atoms. The summed E-state index contributed by atoms with van der Waals surface area (Å²) in [5.74, 6) is 0. The minimum Gasteiger partial charge on any atom is -0.392 e. The molecule has 2 aromatic carbocycles. The molecule has 0 unspecified atom stereocenters. The number of aliphatic hydroxyl groups is 1. The third-order valence-electron chi connectivity index (χ3n) is 4.67. The molecule has 4 rings (SSSR count). The summed E-state index contributed by atoms with van der Waals surface area (Å²) >= 11 is 0. The van der Waals surface area contributed by atoms with Gasteiger partial charge in [-0.2, -0.15) is 5.10 Å². The van der Waals surface area contributed by atoms with E-state index in [2.05, 4.69) is 34.9 Å². The summed E-state index contributed by atoms with van der Waals surface area (Å²) in [5.41, 5.74) is 6.24. The second kappa shape index (κ2) is 7.60. The van der Waals surface area contributed by atoms with Crippen LogP contribution in [0.15, 0.2) is 73.3 Å². The van der Waals surface area contributed by atoms with Gasteiger partial charge in [0, 0.05) is 30.4 Å². The molecule has 0 saturated carbocycles. The summed E-state index contributed by atoms with van der Waals surface area (Å²) in [4.78, 5) is 4.71. The van der Waals surface area contributed by atoms with Gasteiger partial charge < -0.3 is 9.67 Å². The Labute approximate surface area is 158 Å². The standard InChI is InChI=1S/C22H22N4O/c1-2-26-14-20(12-24-26)22-21(19-6-4-3-5-7-19)23-16-25(22)13-17-8-10-18(15-27)11-9-17/h3-12,14,16,27H,2,13,15H2,1H3. The van der Waals surface area contributed by atoms with Crippen molar-refractivity contribution in [3.8, 4) is 22.5 Å². The van der Waals surface area contributed by atoms with Crippen LogP contribution in [0.3, 0.4) is 0 Å². The van der Waals surface area contributed by atoms with Gasteiger partial charge in [-0.3, -0.25) is 4.68 Å². The predicted molar refractivity (Wildman–Crippen MR) is 106 cm³/mol. The van der Waals surface area contributed by atoms with Crippen LogP contribution in [0.25, 0.3) is 22.5 Å². The van der Waals surface area contributed by atoms with Crippen molar-refractivity contribution in [3.05, 3.63) is 84.4 Å². The zero-order valence-corrected chi connectivity index (χ0v) is 15.3. The van der Waals surface area contributed by atoms with E-state index in [1.165, 1.54) is 0 Å². The summed E-state index contributed by atoms with van der Waals surface area (Å²) in [6.07, 6.45) is 5.86. The highest BCUT2D eigenvalue weighted by atomic mass is 16.3. The molecule has 2 heterocycles. The number of benzene rings is 2. The van der Waals surface area contributed by atoms with Crippen LogP contribution < -0.4 is 0 Å². The summed E-state index contributed by atoms with van der Waals surface area (Å²) in [5, 5.41) is 13.7. The van der Waals surface area contributed by atoms with E-state index in [9.17, 15) is 5.11 Å². The van der Waals surface area contributed by atoms with Crippen molar-refractivity contribution in [1.82, 2.24) is 19.3 Å². The largest absolute Gasteiger partial charge is 0.392 e. The van der Waals surface area contributed by atoms with E-state index in [-0.39, 0.29) is 6.61 Å². The first kappa shape index (κ1) is 17.2. The van der Waals surface area contributed by atoms with Crippen LogP contribution in [0.5, 0.6) is 0 Å². The molecule has 0 saturated heterocycles. The van der Waals surface area contributed by atoms with Gasteiger partial charge in [-0.25, -0.2) is 4.98 Å². The molecular weight excluding hydrogens is 336 g/mol. The van der Waals surface area contributed by atoms with Gasteiger partial charge in [-0.05, 0) is 18.1 Å². The number of aromatic nitrogens is 4. The van der Waals surface area contributed by atoms with Gasteiger partial charge in [0.25, 0.3) is 0 Å². The van der Waals surface area contributed by atoms with E-state index in [4.69, 9.17) is 4.98 Å². The average Bonchev–Trinajstić information content (AvgIpc) is 3.36. The molecule has 5 heteroatoms. The lowest BCUT2D eigenvalue weighted by molar-refractivity contribution is 0.282. The third kappa shape index (κ3) is 3.55. The van der Waals surface area contributed by atoms with Gasteiger partial charge in [-0.1, -0.05) is 54.6 Å². The van der Waals surface area contributed by atoms with Crippen LogP contribution in [-0.2, 0) is 19.7 Å². The van der Waals surface area contributed by atoms with Crippen LogP contribution in [0, 0.1) is 0 Å². The van der Waals surface area contributed by atoms with Crippen molar-refractivity contribution in [3.63, 3.8) is 0 Å². The van der Waals surface area contributed by atoms with Gasteiger partial charge in [0.05, 0.1) is 30.5 Å². The number of nitrogens with zero attached hydrogens (tertiary/aromatic N) is 4. The number of imidazole rings is 1. The number of hydrogen-bond acceptors (Lipinski definition) is 3. The topological polar surface area (TPSA) is 55.9 Å². The number of rotatable bonds is 6. The van der Waals surface area contributed by atoms with Crippen LogP contribution in [0.4, 0.5) is 0 Å². The number of aryl methyl sites for hydroxylation is 1. The van der Waals surface area contributed by atoms with Crippen LogP contribution in [0.1, 0.15) is 18.1 Å². The van der Waals surface area contributed by atoms with Gasteiger partial charge in [0.1, 0.15) is 0 Å². The predicted octanol–water partition coefficient (Wildman–Crippen LogP) is 3.97. The van der Waals surface area contributed by atoms with E-state index < -0.39 is 0 Å². The molecule has 2 aromatic heterocycles. The van der Waals surface area contributed by atoms with Gasteiger partial charge >= 0.3 is 0 Å². The smallest absolute Gasteiger partial charge is 0.0964 e. The van der Waals surface area contributed by atoms with Gasteiger partial charge in [0.2, 0.25) is 0 Å². The highest BCUT2D eigenvalue weighted by Crippen LogP contribution is 2.31. The Kier molecular flexibility index (Phi) is 4.85. The van der Waals surface area contributed by atoms with E-state index in [1.807, 2.05) is 59.7 Å². The maximum atomic E-state index is 9.24. The van der Waals surface area contributed by atoms with Crippen LogP contribution in [-0.4, -0.2) is 24.4 Å². The molecule has 0 aliphatic rings. The lowest BCUT2D eigenvalue weighted by atomic mass is 10.1. The Balaban J connectivity index is 1.77. The molecule has 0 radical (unpaired) electrons. The molecule has 0 amide bonds. The Bertz CT molecular complexity index is 1020. The van der Waals surface area contributed by atoms with Crippen molar-refractivity contribution >= 4 is 0 Å². The first-order chi connectivity index (χ1) is 13.3. The fourth-order valence-corrected chi connectivity index (χ4v) is 3.22. The van der Waals surface area contributed by atoms with Gasteiger partial charge in [-0.15, -0.1) is 0 Å². The molecular formula is C22H22N4O. The fourth-order valence-electron chi connectivity index (χ4n) is 3.22. The molecule has 0 aliphatic carbocycles. The zero-order chi connectivity index (χ0) is 18.6. The van der Waals surface area contributed by atoms with Gasteiger partial charge in [0.15, 0.2) is 0 Å². The summed E-state index contributed by atoms with van der Waals surface area (Å²) < 4.78 is 4.09. The minimum absolute atomic E-state index is 0.0605. The molecule has 1 N–H and O–H groups in total. The second-order valence-corrected chi connectivity index (χ2v) is 6.50. The highest BCUT2D eigenvalue weighted by Gasteiger charge is 2.16. The van der Waals surface area contributed by atoms with Crippen molar-refractivity contribution in [2.24, 2.45) is 0 Å². The first-order valence-electron chi connectivity index (χ1n) is 9.10. The normalized spacial score (nSPS) is 11.0. The molecule has 0 fully saturated rings. The van der Waals surface area contributed by atoms with Crippen molar-refractivity contribution in [2.75, 3.05) is 0 Å². The maximum Gasteiger partial charge on any atom is 0.0964 e. The van der Waals surface area contributed by atoms with Crippen LogP contribution in [0.2, 0.25) is 0 Å². The average molecular weight is 358 g/mol. The third-order valence-corrected chi connectivity index (χ3v) is 4.67.